The Morgan fingerprint density at radius 2 is 2.05 bits per heavy atom. The van der Waals surface area contributed by atoms with Gasteiger partial charge in [-0.3, -0.25) is 9.48 Å². The van der Waals surface area contributed by atoms with Crippen LogP contribution in [0.25, 0.3) is 0 Å². The Hall–Kier alpha value is -2.37. The van der Waals surface area contributed by atoms with E-state index in [-0.39, 0.29) is 5.91 Å². The number of benzene rings is 1. The maximum absolute atomic E-state index is 11.2. The summed E-state index contributed by atoms with van der Waals surface area (Å²) in [7, 11) is 3.50. The summed E-state index contributed by atoms with van der Waals surface area (Å²) in [6.45, 7) is 0.665. The molecule has 100 valence electrons. The monoisotopic (exact) mass is 259 g/mol. The van der Waals surface area contributed by atoms with Crippen LogP contribution in [0.2, 0.25) is 0 Å². The number of hydrogen-bond donors (Lipinski definition) is 2. The Balaban J connectivity index is 1.92. The van der Waals surface area contributed by atoms with Crippen LogP contribution in [-0.4, -0.2) is 27.9 Å². The predicted octanol–water partition coefficient (Wildman–Crippen LogP) is 0.716. The van der Waals surface area contributed by atoms with E-state index in [1.807, 2.05) is 31.3 Å². The van der Waals surface area contributed by atoms with Crippen molar-refractivity contribution in [2.75, 3.05) is 12.4 Å². The molecule has 0 aliphatic heterocycles. The van der Waals surface area contributed by atoms with Crippen molar-refractivity contribution in [1.29, 1.82) is 0 Å². The molecule has 0 aliphatic carbocycles. The van der Waals surface area contributed by atoms with E-state index >= 15 is 0 Å². The van der Waals surface area contributed by atoms with Gasteiger partial charge in [0.1, 0.15) is 0 Å². The van der Waals surface area contributed by atoms with Gasteiger partial charge in [0.25, 0.3) is 0 Å². The Morgan fingerprint density at radius 1 is 1.32 bits per heavy atom. The van der Waals surface area contributed by atoms with E-state index < -0.39 is 0 Å². The predicted molar refractivity (Wildman–Crippen MR) is 72.5 cm³/mol. The van der Waals surface area contributed by atoms with E-state index in [0.717, 1.165) is 16.9 Å². The lowest BCUT2D eigenvalue weighted by Gasteiger charge is -2.07. The highest BCUT2D eigenvalue weighted by molar-refractivity contribution is 5.78. The van der Waals surface area contributed by atoms with Gasteiger partial charge in [0.05, 0.1) is 24.9 Å². The van der Waals surface area contributed by atoms with Gasteiger partial charge in [0.15, 0.2) is 0 Å². The smallest absolute Gasteiger partial charge is 0.224 e. The van der Waals surface area contributed by atoms with Crippen molar-refractivity contribution in [3.8, 4) is 0 Å². The van der Waals surface area contributed by atoms with Crippen LogP contribution in [0.15, 0.2) is 30.5 Å². The van der Waals surface area contributed by atoms with Gasteiger partial charge in [0.2, 0.25) is 5.91 Å². The molecule has 0 saturated carbocycles. The maximum Gasteiger partial charge on any atom is 0.224 e. The zero-order valence-electron chi connectivity index (χ0n) is 11.1. The average molecular weight is 259 g/mol. The average Bonchev–Trinajstić information content (AvgIpc) is 2.83. The van der Waals surface area contributed by atoms with Gasteiger partial charge >= 0.3 is 0 Å². The van der Waals surface area contributed by atoms with Gasteiger partial charge in [0, 0.05) is 19.8 Å². The number of aryl methyl sites for hydroxylation is 1. The summed E-state index contributed by atoms with van der Waals surface area (Å²) >= 11 is 0. The first-order valence-corrected chi connectivity index (χ1v) is 6.06. The van der Waals surface area contributed by atoms with Gasteiger partial charge < -0.3 is 10.6 Å². The van der Waals surface area contributed by atoms with Crippen LogP contribution in [0, 0.1) is 0 Å². The van der Waals surface area contributed by atoms with E-state index in [1.165, 1.54) is 0 Å². The fourth-order valence-electron chi connectivity index (χ4n) is 1.68. The number of aromatic nitrogens is 3. The molecule has 0 unspecified atom stereocenters. The Bertz CT molecular complexity index is 546. The molecule has 0 saturated heterocycles. The fraction of sp³-hybridized carbons (Fsp3) is 0.308. The van der Waals surface area contributed by atoms with Crippen LogP contribution in [-0.2, 0) is 24.8 Å². The molecule has 1 aromatic heterocycles. The van der Waals surface area contributed by atoms with E-state index in [2.05, 4.69) is 20.9 Å². The van der Waals surface area contributed by atoms with Gasteiger partial charge in [-0.2, -0.15) is 0 Å². The summed E-state index contributed by atoms with van der Waals surface area (Å²) in [4.78, 5) is 11.2. The van der Waals surface area contributed by atoms with Crippen LogP contribution in [0.4, 0.5) is 5.69 Å². The highest BCUT2D eigenvalue weighted by Crippen LogP contribution is 2.11. The van der Waals surface area contributed by atoms with Gasteiger partial charge in [-0.1, -0.05) is 17.3 Å². The molecule has 19 heavy (non-hydrogen) atoms. The third kappa shape index (κ3) is 3.54. The van der Waals surface area contributed by atoms with E-state index in [4.69, 9.17) is 0 Å². The van der Waals surface area contributed by atoms with Crippen molar-refractivity contribution in [2.45, 2.75) is 13.0 Å². The molecule has 2 rings (SSSR count). The SMILES string of the molecule is CNC(=O)Cc1ccc(NCc2cnnn2C)cc1. The first-order valence-electron chi connectivity index (χ1n) is 6.06. The summed E-state index contributed by atoms with van der Waals surface area (Å²) in [5.41, 5.74) is 3.00. The molecule has 6 nitrogen and oxygen atoms in total. The summed E-state index contributed by atoms with van der Waals surface area (Å²) in [5.74, 6) is 0.0154. The van der Waals surface area contributed by atoms with E-state index in [1.54, 1.807) is 17.9 Å². The topological polar surface area (TPSA) is 71.8 Å². The van der Waals surface area contributed by atoms with Crippen LogP contribution < -0.4 is 10.6 Å². The number of amides is 1. The first kappa shape index (κ1) is 13.1. The lowest BCUT2D eigenvalue weighted by molar-refractivity contribution is -0.119. The third-order valence-corrected chi connectivity index (χ3v) is 2.88. The highest BCUT2D eigenvalue weighted by atomic mass is 16.1. The van der Waals surface area contributed by atoms with Gasteiger partial charge in [-0.05, 0) is 17.7 Å². The second-order valence-corrected chi connectivity index (χ2v) is 4.25. The zero-order chi connectivity index (χ0) is 13.7. The number of carbonyl (C=O) groups excluding carboxylic acids is 1. The summed E-state index contributed by atoms with van der Waals surface area (Å²) in [6, 6.07) is 7.81. The summed E-state index contributed by atoms with van der Waals surface area (Å²) in [5, 5.41) is 13.6. The van der Waals surface area contributed by atoms with Crippen LogP contribution in [0.3, 0.4) is 0 Å². The molecule has 0 fully saturated rings. The third-order valence-electron chi connectivity index (χ3n) is 2.88. The standard InChI is InChI=1S/C13H17N5O/c1-14-13(19)7-10-3-5-11(6-4-10)15-8-12-9-16-17-18(12)2/h3-6,9,15H,7-8H2,1-2H3,(H,14,19). The molecule has 0 atom stereocenters. The molecular formula is C13H17N5O. The van der Waals surface area contributed by atoms with Crippen molar-refractivity contribution < 1.29 is 4.79 Å². The van der Waals surface area contributed by atoms with Crippen molar-refractivity contribution in [1.82, 2.24) is 20.3 Å². The normalized spacial score (nSPS) is 10.2. The summed E-state index contributed by atoms with van der Waals surface area (Å²) < 4.78 is 1.73. The van der Waals surface area contributed by atoms with Gasteiger partial charge in [-0.25, -0.2) is 0 Å². The van der Waals surface area contributed by atoms with Crippen LogP contribution in [0.5, 0.6) is 0 Å². The fourth-order valence-corrected chi connectivity index (χ4v) is 1.68. The van der Waals surface area contributed by atoms with Crippen molar-refractivity contribution in [3.05, 3.63) is 41.7 Å². The molecule has 1 aromatic carbocycles. The Morgan fingerprint density at radius 3 is 2.63 bits per heavy atom. The van der Waals surface area contributed by atoms with Crippen molar-refractivity contribution >= 4 is 11.6 Å². The Kier molecular flexibility index (Phi) is 4.12. The van der Waals surface area contributed by atoms with Crippen molar-refractivity contribution in [2.24, 2.45) is 7.05 Å². The quantitative estimate of drug-likeness (QED) is 0.829. The maximum atomic E-state index is 11.2. The molecule has 0 bridgehead atoms. The molecule has 2 N–H and O–H groups in total. The minimum atomic E-state index is 0.0154. The molecule has 6 heteroatoms. The first-order chi connectivity index (χ1) is 9.19. The molecule has 1 heterocycles. The molecule has 0 spiro atoms. The molecule has 2 aromatic rings. The van der Waals surface area contributed by atoms with Crippen LogP contribution >= 0.6 is 0 Å². The number of likely N-dealkylation sites (N-methyl/N-ethyl adjacent to an activating group) is 1. The van der Waals surface area contributed by atoms with Gasteiger partial charge in [-0.15, -0.1) is 5.10 Å². The second-order valence-electron chi connectivity index (χ2n) is 4.25. The second kappa shape index (κ2) is 5.99. The number of anilines is 1. The molecule has 1 amide bonds. The number of nitrogens with one attached hydrogen (secondary N) is 2. The number of carbonyl (C=O) groups is 1. The Labute approximate surface area is 111 Å². The van der Waals surface area contributed by atoms with Crippen LogP contribution in [0.1, 0.15) is 11.3 Å². The lowest BCUT2D eigenvalue weighted by Crippen LogP contribution is -2.19. The highest BCUT2D eigenvalue weighted by Gasteiger charge is 2.02. The molecule has 0 radical (unpaired) electrons. The number of rotatable bonds is 5. The van der Waals surface area contributed by atoms with E-state index in [9.17, 15) is 4.79 Å². The largest absolute Gasteiger partial charge is 0.379 e. The lowest BCUT2D eigenvalue weighted by atomic mass is 10.1. The van der Waals surface area contributed by atoms with Crippen molar-refractivity contribution in [3.63, 3.8) is 0 Å². The molecular weight excluding hydrogens is 242 g/mol. The zero-order valence-corrected chi connectivity index (χ0v) is 11.1. The number of hydrogen-bond acceptors (Lipinski definition) is 4. The molecule has 0 aliphatic rings. The summed E-state index contributed by atoms with van der Waals surface area (Å²) in [6.07, 6.45) is 2.13. The minimum absolute atomic E-state index is 0.0154. The number of nitrogens with zero attached hydrogens (tertiary/aromatic N) is 3. The van der Waals surface area contributed by atoms with E-state index in [0.29, 0.717) is 13.0 Å². The minimum Gasteiger partial charge on any atom is -0.379 e.